The molecular weight excluding hydrogens is 270 g/mol. The van der Waals surface area contributed by atoms with Crippen LogP contribution in [-0.4, -0.2) is 22.7 Å². The fourth-order valence-electron chi connectivity index (χ4n) is 4.26. The smallest absolute Gasteiger partial charge is 0.306 e. The summed E-state index contributed by atoms with van der Waals surface area (Å²) in [6.45, 7) is 0. The van der Waals surface area contributed by atoms with Gasteiger partial charge in [-0.1, -0.05) is 12.1 Å². The summed E-state index contributed by atoms with van der Waals surface area (Å²) < 4.78 is 6.17. The van der Waals surface area contributed by atoms with Gasteiger partial charge in [-0.2, -0.15) is 0 Å². The van der Waals surface area contributed by atoms with E-state index in [4.69, 9.17) is 4.74 Å². The van der Waals surface area contributed by atoms with Crippen LogP contribution in [0.2, 0.25) is 0 Å². The van der Waals surface area contributed by atoms with Crippen molar-refractivity contribution < 1.29 is 19.4 Å². The molecule has 4 atom stereocenters. The van der Waals surface area contributed by atoms with Crippen molar-refractivity contribution in [3.05, 3.63) is 29.8 Å². The van der Waals surface area contributed by atoms with Crippen LogP contribution in [-0.2, 0) is 4.79 Å². The third kappa shape index (κ3) is 1.76. The van der Waals surface area contributed by atoms with E-state index in [-0.39, 0.29) is 23.7 Å². The van der Waals surface area contributed by atoms with Gasteiger partial charge in [-0.25, -0.2) is 0 Å². The Morgan fingerprint density at radius 1 is 1.33 bits per heavy atom. The molecule has 1 aromatic carbocycles. The second-order valence-corrected chi connectivity index (χ2v) is 6.36. The summed E-state index contributed by atoms with van der Waals surface area (Å²) in [6, 6.07) is 7.23. The summed E-state index contributed by atoms with van der Waals surface area (Å²) >= 11 is 0. The van der Waals surface area contributed by atoms with Crippen molar-refractivity contribution in [3.8, 4) is 5.75 Å². The Labute approximate surface area is 122 Å². The van der Waals surface area contributed by atoms with E-state index in [0.29, 0.717) is 24.2 Å². The maximum absolute atomic E-state index is 12.3. The highest BCUT2D eigenvalue weighted by Gasteiger charge is 2.57. The van der Waals surface area contributed by atoms with Crippen molar-refractivity contribution >= 4 is 11.9 Å². The van der Waals surface area contributed by atoms with Gasteiger partial charge in [-0.3, -0.25) is 9.59 Å². The molecule has 1 amide bonds. The molecule has 0 saturated heterocycles. The molecule has 1 heterocycles. The predicted octanol–water partition coefficient (Wildman–Crippen LogP) is 2.03. The van der Waals surface area contributed by atoms with Crippen LogP contribution in [0.1, 0.15) is 36.0 Å². The molecule has 3 aliphatic carbocycles. The topological polar surface area (TPSA) is 75.6 Å². The zero-order valence-corrected chi connectivity index (χ0v) is 11.5. The number of rotatable bonds is 1. The highest BCUT2D eigenvalue weighted by molar-refractivity contribution is 5.98. The lowest BCUT2D eigenvalue weighted by atomic mass is 9.60. The van der Waals surface area contributed by atoms with Crippen molar-refractivity contribution in [2.24, 2.45) is 17.8 Å². The van der Waals surface area contributed by atoms with Crippen molar-refractivity contribution in [2.75, 3.05) is 0 Å². The minimum Gasteiger partial charge on any atom is -0.481 e. The molecule has 21 heavy (non-hydrogen) atoms. The zero-order valence-electron chi connectivity index (χ0n) is 11.5. The number of amides is 1. The fourth-order valence-corrected chi connectivity index (χ4v) is 4.26. The van der Waals surface area contributed by atoms with Crippen LogP contribution in [0.3, 0.4) is 0 Å². The number of hydrogen-bond acceptors (Lipinski definition) is 3. The average molecular weight is 287 g/mol. The van der Waals surface area contributed by atoms with Crippen LogP contribution in [0, 0.1) is 17.8 Å². The Morgan fingerprint density at radius 3 is 2.86 bits per heavy atom. The summed E-state index contributed by atoms with van der Waals surface area (Å²) in [4.78, 5) is 23.7. The number of carbonyl (C=O) groups excluding carboxylic acids is 1. The molecule has 5 nitrogen and oxygen atoms in total. The molecule has 110 valence electrons. The summed E-state index contributed by atoms with van der Waals surface area (Å²) in [5.41, 5.74) is -0.153. The lowest BCUT2D eigenvalue weighted by molar-refractivity contribution is -0.161. The minimum absolute atomic E-state index is 0.0703. The van der Waals surface area contributed by atoms with E-state index in [1.54, 1.807) is 6.07 Å². The number of nitrogens with one attached hydrogen (secondary N) is 1. The number of para-hydroxylation sites is 1. The van der Waals surface area contributed by atoms with Gasteiger partial charge in [0.25, 0.3) is 5.91 Å². The summed E-state index contributed by atoms with van der Waals surface area (Å²) in [5.74, 6) is -0.370. The molecular formula is C16H17NO4. The first-order valence-corrected chi connectivity index (χ1v) is 7.42. The largest absolute Gasteiger partial charge is 0.481 e. The van der Waals surface area contributed by atoms with E-state index in [2.05, 4.69) is 5.32 Å². The van der Waals surface area contributed by atoms with Gasteiger partial charge >= 0.3 is 5.97 Å². The van der Waals surface area contributed by atoms with E-state index >= 15 is 0 Å². The van der Waals surface area contributed by atoms with Gasteiger partial charge in [-0.05, 0) is 37.3 Å². The van der Waals surface area contributed by atoms with E-state index in [0.717, 1.165) is 12.8 Å². The normalized spacial score (nSPS) is 36.8. The Kier molecular flexibility index (Phi) is 2.55. The van der Waals surface area contributed by atoms with Crippen molar-refractivity contribution in [1.82, 2.24) is 5.32 Å². The zero-order chi connectivity index (χ0) is 14.6. The second-order valence-electron chi connectivity index (χ2n) is 6.36. The summed E-state index contributed by atoms with van der Waals surface area (Å²) in [6.07, 6.45) is 3.00. The molecule has 5 heteroatoms. The second kappa shape index (κ2) is 4.23. The van der Waals surface area contributed by atoms with Gasteiger partial charge in [-0.15, -0.1) is 0 Å². The lowest BCUT2D eigenvalue weighted by Gasteiger charge is -2.54. The first-order chi connectivity index (χ1) is 10.1. The van der Waals surface area contributed by atoms with Gasteiger partial charge in [0.1, 0.15) is 5.75 Å². The Balaban J connectivity index is 1.69. The Bertz CT molecular complexity index is 628. The number of carbonyl (C=O) groups is 2. The summed E-state index contributed by atoms with van der Waals surface area (Å²) in [5, 5.41) is 12.4. The highest BCUT2D eigenvalue weighted by atomic mass is 16.5. The number of aliphatic carboxylic acids is 1. The Hall–Kier alpha value is -2.04. The highest BCUT2D eigenvalue weighted by Crippen LogP contribution is 2.52. The quantitative estimate of drug-likeness (QED) is 0.828. The molecule has 3 saturated carbocycles. The van der Waals surface area contributed by atoms with E-state index in [1.165, 1.54) is 0 Å². The van der Waals surface area contributed by atoms with Crippen LogP contribution in [0.15, 0.2) is 24.3 Å². The maximum atomic E-state index is 12.3. The molecule has 1 aliphatic heterocycles. The predicted molar refractivity (Wildman–Crippen MR) is 73.8 cm³/mol. The van der Waals surface area contributed by atoms with Crippen molar-refractivity contribution in [1.29, 1.82) is 0 Å². The average Bonchev–Trinajstić information content (AvgIpc) is 2.47. The number of ether oxygens (including phenoxy) is 1. The van der Waals surface area contributed by atoms with Gasteiger partial charge in [0.2, 0.25) is 0 Å². The van der Waals surface area contributed by atoms with Crippen molar-refractivity contribution in [3.63, 3.8) is 0 Å². The standard InChI is InChI=1S/C16H17NO4/c18-14-11-3-1-2-4-13(11)21-16(17-14)8-9-5-6-10(16)7-12(9)15(19)20/h1-4,9-10,12H,5-8H2,(H,17,18)(H,19,20). The molecule has 0 aromatic heterocycles. The number of carboxylic acids is 1. The molecule has 3 fully saturated rings. The molecule has 2 N–H and O–H groups in total. The van der Waals surface area contributed by atoms with Crippen LogP contribution in [0.25, 0.3) is 0 Å². The SMILES string of the molecule is O=C1NC2(CC3CCC2CC3C(=O)O)Oc2ccccc21. The number of hydrogen-bond donors (Lipinski definition) is 2. The van der Waals surface area contributed by atoms with E-state index in [1.807, 2.05) is 18.2 Å². The monoisotopic (exact) mass is 287 g/mol. The third-order valence-electron chi connectivity index (χ3n) is 5.28. The molecule has 5 rings (SSSR count). The molecule has 0 radical (unpaired) electrons. The van der Waals surface area contributed by atoms with Crippen LogP contribution in [0.5, 0.6) is 5.75 Å². The van der Waals surface area contributed by atoms with E-state index in [9.17, 15) is 14.7 Å². The first-order valence-electron chi connectivity index (χ1n) is 7.42. The molecule has 4 aliphatic rings. The van der Waals surface area contributed by atoms with Gasteiger partial charge in [0, 0.05) is 12.3 Å². The number of fused-ring (bicyclic) bond motifs is 3. The maximum Gasteiger partial charge on any atom is 0.306 e. The molecule has 2 bridgehead atoms. The van der Waals surface area contributed by atoms with Crippen LogP contribution in [0.4, 0.5) is 0 Å². The van der Waals surface area contributed by atoms with Crippen LogP contribution >= 0.6 is 0 Å². The fraction of sp³-hybridized carbons (Fsp3) is 0.500. The first kappa shape index (κ1) is 12.7. The third-order valence-corrected chi connectivity index (χ3v) is 5.28. The van der Waals surface area contributed by atoms with Gasteiger partial charge in [0.05, 0.1) is 11.5 Å². The Morgan fingerprint density at radius 2 is 2.14 bits per heavy atom. The lowest BCUT2D eigenvalue weighted by Crippen LogP contribution is -2.66. The van der Waals surface area contributed by atoms with Crippen LogP contribution < -0.4 is 10.1 Å². The van der Waals surface area contributed by atoms with Gasteiger partial charge < -0.3 is 15.2 Å². The van der Waals surface area contributed by atoms with Crippen molar-refractivity contribution in [2.45, 2.75) is 31.4 Å². The number of benzene rings is 1. The molecule has 1 spiro atoms. The molecule has 4 unspecified atom stereocenters. The van der Waals surface area contributed by atoms with Gasteiger partial charge in [0.15, 0.2) is 5.72 Å². The number of carboxylic acid groups (broad SMARTS) is 1. The molecule has 1 aromatic rings. The minimum atomic E-state index is -0.720. The van der Waals surface area contributed by atoms with E-state index < -0.39 is 11.7 Å². The summed E-state index contributed by atoms with van der Waals surface area (Å²) in [7, 11) is 0.